The van der Waals surface area contributed by atoms with E-state index in [0.717, 1.165) is 0 Å². The van der Waals surface area contributed by atoms with Gasteiger partial charge in [-0.05, 0) is 6.92 Å². The lowest BCUT2D eigenvalue weighted by molar-refractivity contribution is -0.157. The number of hydrogen-bond acceptors (Lipinski definition) is 3. The van der Waals surface area contributed by atoms with Crippen molar-refractivity contribution in [1.82, 2.24) is 9.80 Å². The van der Waals surface area contributed by atoms with Crippen LogP contribution in [0.2, 0.25) is 0 Å². The molecule has 1 N–H and O–H groups in total. The number of aliphatic hydroxyl groups is 1. The first-order valence-corrected chi connectivity index (χ1v) is 4.25. The summed E-state index contributed by atoms with van der Waals surface area (Å²) in [5, 5.41) is 8.69. The molecule has 5 nitrogen and oxygen atoms in total. The first-order valence-electron chi connectivity index (χ1n) is 4.25. The van der Waals surface area contributed by atoms with Gasteiger partial charge in [0.05, 0.1) is 6.61 Å². The third-order valence-electron chi connectivity index (χ3n) is 2.20. The van der Waals surface area contributed by atoms with Gasteiger partial charge in [0.15, 0.2) is 0 Å². The van der Waals surface area contributed by atoms with Crippen LogP contribution < -0.4 is 0 Å². The lowest BCUT2D eigenvalue weighted by Crippen LogP contribution is -2.57. The van der Waals surface area contributed by atoms with E-state index in [-0.39, 0.29) is 19.2 Å². The highest BCUT2D eigenvalue weighted by Crippen LogP contribution is 2.09. The molecule has 5 heteroatoms. The lowest BCUT2D eigenvalue weighted by Gasteiger charge is -2.36. The van der Waals surface area contributed by atoms with Crippen LogP contribution in [0.15, 0.2) is 0 Å². The van der Waals surface area contributed by atoms with E-state index < -0.39 is 11.8 Å². The van der Waals surface area contributed by atoms with Gasteiger partial charge in [-0.15, -0.1) is 0 Å². The molecular weight excluding hydrogens is 172 g/mol. The van der Waals surface area contributed by atoms with E-state index in [1.807, 2.05) is 6.92 Å². The zero-order valence-corrected chi connectivity index (χ0v) is 7.86. The van der Waals surface area contributed by atoms with Crippen LogP contribution in [0.5, 0.6) is 0 Å². The van der Waals surface area contributed by atoms with Crippen molar-refractivity contribution in [2.24, 2.45) is 0 Å². The molecule has 2 amide bonds. The SMILES string of the molecule is CC1CN(C)C(=O)C(=O)N1CCO. The maximum atomic E-state index is 11.4. The van der Waals surface area contributed by atoms with Crippen molar-refractivity contribution in [1.29, 1.82) is 0 Å². The lowest BCUT2D eigenvalue weighted by atomic mass is 10.2. The summed E-state index contributed by atoms with van der Waals surface area (Å²) in [7, 11) is 1.60. The van der Waals surface area contributed by atoms with Crippen molar-refractivity contribution in [2.75, 3.05) is 26.7 Å². The van der Waals surface area contributed by atoms with Crippen LogP contribution in [-0.4, -0.2) is 59.5 Å². The maximum Gasteiger partial charge on any atom is 0.312 e. The quantitative estimate of drug-likeness (QED) is 0.543. The molecule has 0 aromatic heterocycles. The molecule has 0 aromatic rings. The molecule has 1 unspecified atom stereocenters. The summed E-state index contributed by atoms with van der Waals surface area (Å²) < 4.78 is 0. The van der Waals surface area contributed by atoms with Crippen molar-refractivity contribution >= 4 is 11.8 Å². The second kappa shape index (κ2) is 3.74. The Balaban J connectivity index is 2.73. The minimum Gasteiger partial charge on any atom is -0.395 e. The molecule has 1 fully saturated rings. The fourth-order valence-electron chi connectivity index (χ4n) is 1.49. The fourth-order valence-corrected chi connectivity index (χ4v) is 1.49. The Morgan fingerprint density at radius 2 is 2.08 bits per heavy atom. The summed E-state index contributed by atoms with van der Waals surface area (Å²) in [6.07, 6.45) is 0. The number of hydrogen-bond donors (Lipinski definition) is 1. The summed E-state index contributed by atoms with van der Waals surface area (Å²) >= 11 is 0. The predicted molar refractivity (Wildman–Crippen MR) is 45.9 cm³/mol. The summed E-state index contributed by atoms with van der Waals surface area (Å²) in [6.45, 7) is 2.52. The molecule has 74 valence electrons. The monoisotopic (exact) mass is 186 g/mol. The van der Waals surface area contributed by atoms with Gasteiger partial charge in [-0.3, -0.25) is 9.59 Å². The largest absolute Gasteiger partial charge is 0.395 e. The average molecular weight is 186 g/mol. The molecule has 1 aliphatic heterocycles. The molecule has 0 aliphatic carbocycles. The van der Waals surface area contributed by atoms with Crippen molar-refractivity contribution in [3.63, 3.8) is 0 Å². The number of piperazine rings is 1. The maximum absolute atomic E-state index is 11.4. The molecule has 13 heavy (non-hydrogen) atoms. The molecule has 1 atom stereocenters. The van der Waals surface area contributed by atoms with E-state index in [4.69, 9.17) is 5.11 Å². The molecule has 0 bridgehead atoms. The molecule has 1 saturated heterocycles. The van der Waals surface area contributed by atoms with Gasteiger partial charge in [0.25, 0.3) is 0 Å². The second-order valence-electron chi connectivity index (χ2n) is 3.26. The number of rotatable bonds is 2. The Labute approximate surface area is 76.9 Å². The number of carbonyl (C=O) groups is 2. The molecule has 0 spiro atoms. The first kappa shape index (κ1) is 9.98. The molecule has 1 aliphatic rings. The Morgan fingerprint density at radius 1 is 1.46 bits per heavy atom. The summed E-state index contributed by atoms with van der Waals surface area (Å²) in [5.74, 6) is -1.01. The van der Waals surface area contributed by atoms with E-state index in [0.29, 0.717) is 6.54 Å². The Hall–Kier alpha value is -1.10. The second-order valence-corrected chi connectivity index (χ2v) is 3.26. The average Bonchev–Trinajstić information content (AvgIpc) is 2.09. The van der Waals surface area contributed by atoms with Crippen LogP contribution in [0, 0.1) is 0 Å². The van der Waals surface area contributed by atoms with Gasteiger partial charge in [-0.2, -0.15) is 0 Å². The van der Waals surface area contributed by atoms with Gasteiger partial charge in [0.2, 0.25) is 0 Å². The van der Waals surface area contributed by atoms with Crippen LogP contribution in [-0.2, 0) is 9.59 Å². The summed E-state index contributed by atoms with van der Waals surface area (Å²) in [6, 6.07) is -0.0117. The highest BCUT2D eigenvalue weighted by molar-refractivity contribution is 6.35. The van der Waals surface area contributed by atoms with Crippen LogP contribution in [0.1, 0.15) is 6.92 Å². The number of β-amino-alcohol motifs (C(OH)–C–C–N with tert-alkyl or cyclic N) is 1. The van der Waals surface area contributed by atoms with Crippen molar-refractivity contribution in [2.45, 2.75) is 13.0 Å². The van der Waals surface area contributed by atoms with Gasteiger partial charge in [-0.1, -0.05) is 0 Å². The molecular formula is C8H14N2O3. The van der Waals surface area contributed by atoms with Crippen molar-refractivity contribution in [3.05, 3.63) is 0 Å². The predicted octanol–water partition coefficient (Wildman–Crippen LogP) is -1.33. The highest BCUT2D eigenvalue weighted by atomic mass is 16.3. The first-order chi connectivity index (χ1) is 6.07. The molecule has 0 aromatic carbocycles. The van der Waals surface area contributed by atoms with Crippen LogP contribution in [0.4, 0.5) is 0 Å². The third-order valence-corrected chi connectivity index (χ3v) is 2.20. The Bertz CT molecular complexity index is 229. The normalized spacial score (nSPS) is 24.1. The van der Waals surface area contributed by atoms with E-state index in [9.17, 15) is 9.59 Å². The van der Waals surface area contributed by atoms with Crippen LogP contribution in [0.25, 0.3) is 0 Å². The topological polar surface area (TPSA) is 60.9 Å². The van der Waals surface area contributed by atoms with E-state index in [2.05, 4.69) is 0 Å². The number of amides is 2. The molecule has 1 rings (SSSR count). The number of likely N-dealkylation sites (N-methyl/N-ethyl adjacent to an activating group) is 1. The van der Waals surface area contributed by atoms with Crippen LogP contribution >= 0.6 is 0 Å². The highest BCUT2D eigenvalue weighted by Gasteiger charge is 2.34. The van der Waals surface area contributed by atoms with Crippen molar-refractivity contribution < 1.29 is 14.7 Å². The third kappa shape index (κ3) is 1.80. The molecule has 1 heterocycles. The number of nitrogens with zero attached hydrogens (tertiary/aromatic N) is 2. The minimum absolute atomic E-state index is 0.0117. The van der Waals surface area contributed by atoms with Gasteiger partial charge in [0, 0.05) is 26.2 Å². The number of carbonyl (C=O) groups excluding carboxylic acids is 2. The van der Waals surface area contributed by atoms with E-state index in [1.165, 1.54) is 9.80 Å². The smallest absolute Gasteiger partial charge is 0.312 e. The zero-order valence-electron chi connectivity index (χ0n) is 7.86. The standard InChI is InChI=1S/C8H14N2O3/c1-6-5-9(2)7(12)8(13)10(6)3-4-11/h6,11H,3-5H2,1-2H3. The summed E-state index contributed by atoms with van der Waals surface area (Å²) in [4.78, 5) is 25.4. The van der Waals surface area contributed by atoms with Gasteiger partial charge in [0.1, 0.15) is 0 Å². The zero-order chi connectivity index (χ0) is 10.0. The fraction of sp³-hybridized carbons (Fsp3) is 0.750. The Kier molecular flexibility index (Phi) is 2.87. The van der Waals surface area contributed by atoms with Crippen molar-refractivity contribution in [3.8, 4) is 0 Å². The summed E-state index contributed by atoms with van der Waals surface area (Å²) in [5.41, 5.74) is 0. The molecule has 0 radical (unpaired) electrons. The Morgan fingerprint density at radius 3 is 2.62 bits per heavy atom. The van der Waals surface area contributed by atoms with E-state index in [1.54, 1.807) is 7.05 Å². The van der Waals surface area contributed by atoms with Gasteiger partial charge in [-0.25, -0.2) is 0 Å². The van der Waals surface area contributed by atoms with Gasteiger partial charge < -0.3 is 14.9 Å². The van der Waals surface area contributed by atoms with Crippen LogP contribution in [0.3, 0.4) is 0 Å². The molecule has 0 saturated carbocycles. The number of aliphatic hydroxyl groups excluding tert-OH is 1. The van der Waals surface area contributed by atoms with Gasteiger partial charge >= 0.3 is 11.8 Å². The minimum atomic E-state index is -0.518. The van der Waals surface area contributed by atoms with E-state index >= 15 is 0 Å².